The molecule has 2 unspecified atom stereocenters. The minimum atomic E-state index is -0.664. The molecule has 1 rings (SSSR count). The molecular formula is C12H23NO2S. The van der Waals surface area contributed by atoms with Gasteiger partial charge in [0.25, 0.3) is 0 Å². The normalized spacial score (nSPS) is 30.2. The minimum absolute atomic E-state index is 0.513. The molecule has 1 aliphatic carbocycles. The smallest absolute Gasteiger partial charge is 0.323 e. The second-order valence-electron chi connectivity index (χ2n) is 4.49. The highest BCUT2D eigenvalue weighted by atomic mass is 32.2. The molecule has 0 aromatic heterocycles. The molecule has 0 heterocycles. The first-order valence-corrected chi connectivity index (χ1v) is 7.29. The van der Waals surface area contributed by atoms with E-state index in [0.29, 0.717) is 5.25 Å². The van der Waals surface area contributed by atoms with Crippen LogP contribution in [0.5, 0.6) is 0 Å². The van der Waals surface area contributed by atoms with Gasteiger partial charge >= 0.3 is 5.97 Å². The molecule has 0 radical (unpaired) electrons. The molecule has 0 aromatic rings. The molecule has 4 heteroatoms. The Labute approximate surface area is 102 Å². The predicted octanol–water partition coefficient (Wildman–Crippen LogP) is 2.51. The van der Waals surface area contributed by atoms with Crippen LogP contribution in [0.3, 0.4) is 0 Å². The Balaban J connectivity index is 2.64. The number of carbonyl (C=O) groups is 1. The molecule has 3 nitrogen and oxygen atoms in total. The predicted molar refractivity (Wildman–Crippen MR) is 69.0 cm³/mol. The summed E-state index contributed by atoms with van der Waals surface area (Å²) in [5.74, 6) is 0.413. The molecule has 2 atom stereocenters. The minimum Gasteiger partial charge on any atom is -0.480 e. The van der Waals surface area contributed by atoms with Gasteiger partial charge in [-0.1, -0.05) is 13.8 Å². The molecule has 0 bridgehead atoms. The van der Waals surface area contributed by atoms with Crippen LogP contribution in [-0.2, 0) is 4.79 Å². The first-order chi connectivity index (χ1) is 7.64. The van der Waals surface area contributed by atoms with Crippen molar-refractivity contribution in [1.82, 2.24) is 5.32 Å². The molecule has 0 spiro atoms. The Morgan fingerprint density at radius 1 is 1.56 bits per heavy atom. The van der Waals surface area contributed by atoms with Gasteiger partial charge in [-0.25, -0.2) is 0 Å². The van der Waals surface area contributed by atoms with Crippen molar-refractivity contribution in [3.05, 3.63) is 0 Å². The van der Waals surface area contributed by atoms with E-state index in [9.17, 15) is 9.90 Å². The number of hydrogen-bond acceptors (Lipinski definition) is 3. The van der Waals surface area contributed by atoms with E-state index in [4.69, 9.17) is 0 Å². The van der Waals surface area contributed by atoms with Crippen LogP contribution in [0.25, 0.3) is 0 Å². The van der Waals surface area contributed by atoms with Crippen molar-refractivity contribution in [3.8, 4) is 0 Å². The molecule has 94 valence electrons. The molecule has 0 amide bonds. The van der Waals surface area contributed by atoms with Crippen molar-refractivity contribution in [3.63, 3.8) is 0 Å². The van der Waals surface area contributed by atoms with Crippen molar-refractivity contribution in [1.29, 1.82) is 0 Å². The lowest BCUT2D eigenvalue weighted by molar-refractivity contribution is -0.146. The maximum absolute atomic E-state index is 11.5. The molecule has 1 fully saturated rings. The van der Waals surface area contributed by atoms with Crippen LogP contribution in [0.1, 0.15) is 46.0 Å². The summed E-state index contributed by atoms with van der Waals surface area (Å²) in [5, 5.41) is 13.2. The van der Waals surface area contributed by atoms with E-state index in [1.54, 1.807) is 0 Å². The molecule has 16 heavy (non-hydrogen) atoms. The van der Waals surface area contributed by atoms with Gasteiger partial charge in [0, 0.05) is 5.25 Å². The van der Waals surface area contributed by atoms with Crippen molar-refractivity contribution in [2.75, 3.05) is 12.3 Å². The maximum Gasteiger partial charge on any atom is 0.323 e. The summed E-state index contributed by atoms with van der Waals surface area (Å²) >= 11 is 1.90. The Hall–Kier alpha value is -0.220. The Kier molecular flexibility index (Phi) is 5.62. The largest absolute Gasteiger partial charge is 0.480 e. The zero-order valence-corrected chi connectivity index (χ0v) is 11.1. The standard InChI is InChI=1S/C12H23NO2S/c1-3-8-13-12(11(14)15)7-5-6-10(9-12)16-4-2/h10,13H,3-9H2,1-2H3,(H,14,15). The van der Waals surface area contributed by atoms with Crippen LogP contribution < -0.4 is 5.32 Å². The summed E-state index contributed by atoms with van der Waals surface area (Å²) in [6.07, 6.45) is 4.74. The summed E-state index contributed by atoms with van der Waals surface area (Å²) in [6, 6.07) is 0. The molecule has 1 saturated carbocycles. The van der Waals surface area contributed by atoms with E-state index in [1.165, 1.54) is 6.42 Å². The van der Waals surface area contributed by atoms with Crippen LogP contribution in [-0.4, -0.2) is 34.2 Å². The second-order valence-corrected chi connectivity index (χ2v) is 6.07. The van der Waals surface area contributed by atoms with Gasteiger partial charge in [0.1, 0.15) is 5.54 Å². The highest BCUT2D eigenvalue weighted by Gasteiger charge is 2.42. The molecule has 0 aliphatic heterocycles. The van der Waals surface area contributed by atoms with E-state index in [2.05, 4.69) is 19.2 Å². The van der Waals surface area contributed by atoms with Gasteiger partial charge in [-0.05, 0) is 44.4 Å². The number of aliphatic carboxylic acids is 1. The topological polar surface area (TPSA) is 49.3 Å². The fraction of sp³-hybridized carbons (Fsp3) is 0.917. The first kappa shape index (κ1) is 13.8. The summed E-state index contributed by atoms with van der Waals surface area (Å²) in [5.41, 5.74) is -0.652. The Morgan fingerprint density at radius 3 is 2.88 bits per heavy atom. The second kappa shape index (κ2) is 6.50. The van der Waals surface area contributed by atoms with Crippen LogP contribution in [0.2, 0.25) is 0 Å². The van der Waals surface area contributed by atoms with E-state index >= 15 is 0 Å². The number of thioether (sulfide) groups is 1. The number of nitrogens with one attached hydrogen (secondary N) is 1. The van der Waals surface area contributed by atoms with E-state index in [1.807, 2.05) is 11.8 Å². The number of hydrogen-bond donors (Lipinski definition) is 2. The molecule has 1 aliphatic rings. The molecular weight excluding hydrogens is 222 g/mol. The Bertz CT molecular complexity index is 233. The summed E-state index contributed by atoms with van der Waals surface area (Å²) in [6.45, 7) is 5.01. The zero-order chi connectivity index (χ0) is 12.0. The van der Waals surface area contributed by atoms with Gasteiger partial charge in [0.2, 0.25) is 0 Å². The highest BCUT2D eigenvalue weighted by molar-refractivity contribution is 7.99. The molecule has 2 N–H and O–H groups in total. The van der Waals surface area contributed by atoms with Crippen molar-refractivity contribution < 1.29 is 9.90 Å². The van der Waals surface area contributed by atoms with Gasteiger partial charge in [0.05, 0.1) is 0 Å². The molecule has 0 saturated heterocycles. The van der Waals surface area contributed by atoms with E-state index < -0.39 is 11.5 Å². The summed E-state index contributed by atoms with van der Waals surface area (Å²) < 4.78 is 0. The van der Waals surface area contributed by atoms with Gasteiger partial charge < -0.3 is 10.4 Å². The van der Waals surface area contributed by atoms with Crippen LogP contribution in [0.4, 0.5) is 0 Å². The first-order valence-electron chi connectivity index (χ1n) is 6.24. The lowest BCUT2D eigenvalue weighted by atomic mass is 9.81. The lowest BCUT2D eigenvalue weighted by Gasteiger charge is -2.38. The number of carboxylic acid groups (broad SMARTS) is 1. The van der Waals surface area contributed by atoms with Gasteiger partial charge in [0.15, 0.2) is 0 Å². The molecule has 0 aromatic carbocycles. The monoisotopic (exact) mass is 245 g/mol. The zero-order valence-electron chi connectivity index (χ0n) is 10.3. The van der Waals surface area contributed by atoms with Gasteiger partial charge in [-0.3, -0.25) is 4.79 Å². The lowest BCUT2D eigenvalue weighted by Crippen LogP contribution is -2.55. The average Bonchev–Trinajstić information content (AvgIpc) is 2.27. The van der Waals surface area contributed by atoms with Gasteiger partial charge in [-0.2, -0.15) is 11.8 Å². The van der Waals surface area contributed by atoms with Crippen molar-refractivity contribution in [2.45, 2.75) is 56.7 Å². The number of carboxylic acids is 1. The highest BCUT2D eigenvalue weighted by Crippen LogP contribution is 2.35. The van der Waals surface area contributed by atoms with Crippen LogP contribution in [0.15, 0.2) is 0 Å². The number of rotatable bonds is 6. The van der Waals surface area contributed by atoms with Crippen molar-refractivity contribution >= 4 is 17.7 Å². The fourth-order valence-corrected chi connectivity index (χ4v) is 3.60. The van der Waals surface area contributed by atoms with E-state index in [-0.39, 0.29) is 0 Å². The van der Waals surface area contributed by atoms with Crippen LogP contribution >= 0.6 is 11.8 Å². The Morgan fingerprint density at radius 2 is 2.31 bits per heavy atom. The third-order valence-electron chi connectivity index (χ3n) is 3.23. The third-order valence-corrected chi connectivity index (χ3v) is 4.44. The van der Waals surface area contributed by atoms with Gasteiger partial charge in [-0.15, -0.1) is 0 Å². The summed E-state index contributed by atoms with van der Waals surface area (Å²) in [4.78, 5) is 11.5. The third kappa shape index (κ3) is 3.39. The fourth-order valence-electron chi connectivity index (χ4n) is 2.40. The van der Waals surface area contributed by atoms with E-state index in [0.717, 1.165) is 38.0 Å². The summed E-state index contributed by atoms with van der Waals surface area (Å²) in [7, 11) is 0. The quantitative estimate of drug-likeness (QED) is 0.755. The van der Waals surface area contributed by atoms with Crippen molar-refractivity contribution in [2.24, 2.45) is 0 Å². The van der Waals surface area contributed by atoms with Crippen LogP contribution in [0, 0.1) is 0 Å². The average molecular weight is 245 g/mol. The SMILES string of the molecule is CCCNC1(C(=O)O)CCCC(SCC)C1. The maximum atomic E-state index is 11.5.